The van der Waals surface area contributed by atoms with Crippen molar-refractivity contribution in [3.8, 4) is 0 Å². The second-order valence-electron chi connectivity index (χ2n) is 6.02. The highest BCUT2D eigenvalue weighted by Crippen LogP contribution is 2.75. The molecule has 1 saturated carbocycles. The first-order valence-electron chi connectivity index (χ1n) is 6.14. The zero-order valence-corrected chi connectivity index (χ0v) is 10.0. The standard InChI is InChI=1S/C16H16/c1-9-7-8-12-13-10(9)5-4-6-11(13)14-15(12)16(14,2)3/h4-8,14-15H,1-3H3. The Morgan fingerprint density at radius 1 is 0.938 bits per heavy atom. The largest absolute Gasteiger partial charge is 0.0613 e. The highest BCUT2D eigenvalue weighted by Gasteiger charge is 2.62. The molecule has 0 N–H and O–H groups in total. The van der Waals surface area contributed by atoms with E-state index in [2.05, 4.69) is 51.1 Å². The monoisotopic (exact) mass is 208 g/mol. The predicted octanol–water partition coefficient (Wildman–Crippen LogP) is 4.37. The van der Waals surface area contributed by atoms with Crippen molar-refractivity contribution in [2.75, 3.05) is 0 Å². The Balaban J connectivity index is 2.15. The van der Waals surface area contributed by atoms with Crippen LogP contribution in [-0.2, 0) is 0 Å². The van der Waals surface area contributed by atoms with Crippen LogP contribution in [0.4, 0.5) is 0 Å². The van der Waals surface area contributed by atoms with Gasteiger partial charge < -0.3 is 0 Å². The summed E-state index contributed by atoms with van der Waals surface area (Å²) in [7, 11) is 0. The lowest BCUT2D eigenvalue weighted by atomic mass is 9.91. The number of fused-ring (bicyclic) bond motifs is 3. The number of benzene rings is 2. The van der Waals surface area contributed by atoms with E-state index in [9.17, 15) is 0 Å². The molecule has 0 aromatic heterocycles. The molecule has 0 aliphatic heterocycles. The molecule has 2 aromatic rings. The lowest BCUT2D eigenvalue weighted by molar-refractivity contribution is 0.598. The van der Waals surface area contributed by atoms with Gasteiger partial charge in [0.2, 0.25) is 0 Å². The van der Waals surface area contributed by atoms with Gasteiger partial charge in [-0.15, -0.1) is 0 Å². The minimum atomic E-state index is 0.497. The third-order valence-corrected chi connectivity index (χ3v) is 4.82. The zero-order chi connectivity index (χ0) is 11.1. The smallest absolute Gasteiger partial charge is 0.00239 e. The first-order chi connectivity index (χ1) is 7.62. The molecular weight excluding hydrogens is 192 g/mol. The van der Waals surface area contributed by atoms with Crippen LogP contribution in [0.5, 0.6) is 0 Å². The molecule has 2 aliphatic carbocycles. The summed E-state index contributed by atoms with van der Waals surface area (Å²) in [5, 5.41) is 3.04. The summed E-state index contributed by atoms with van der Waals surface area (Å²) in [6.45, 7) is 7.03. The summed E-state index contributed by atoms with van der Waals surface area (Å²) in [5.41, 5.74) is 5.12. The maximum atomic E-state index is 2.41. The first kappa shape index (κ1) is 8.81. The minimum Gasteiger partial charge on any atom is -0.0613 e. The van der Waals surface area contributed by atoms with E-state index in [-0.39, 0.29) is 0 Å². The summed E-state index contributed by atoms with van der Waals surface area (Å²) in [4.78, 5) is 0. The van der Waals surface area contributed by atoms with Gasteiger partial charge in [0, 0.05) is 0 Å². The van der Waals surface area contributed by atoms with Gasteiger partial charge in [-0.1, -0.05) is 44.2 Å². The molecule has 2 aromatic carbocycles. The second kappa shape index (κ2) is 2.34. The quantitative estimate of drug-likeness (QED) is 0.603. The Kier molecular flexibility index (Phi) is 1.29. The van der Waals surface area contributed by atoms with Gasteiger partial charge in [0.25, 0.3) is 0 Å². The van der Waals surface area contributed by atoms with Crippen LogP contribution in [0.3, 0.4) is 0 Å². The normalized spacial score (nSPS) is 28.2. The summed E-state index contributed by atoms with van der Waals surface area (Å²) in [6.07, 6.45) is 0. The van der Waals surface area contributed by atoms with Crippen molar-refractivity contribution >= 4 is 10.8 Å². The predicted molar refractivity (Wildman–Crippen MR) is 67.9 cm³/mol. The van der Waals surface area contributed by atoms with Gasteiger partial charge in [-0.05, 0) is 51.6 Å². The molecule has 0 spiro atoms. The van der Waals surface area contributed by atoms with Crippen molar-refractivity contribution in [2.24, 2.45) is 5.41 Å². The van der Waals surface area contributed by atoms with Gasteiger partial charge in [-0.2, -0.15) is 0 Å². The van der Waals surface area contributed by atoms with Crippen LogP contribution in [0.1, 0.15) is 42.4 Å². The Hall–Kier alpha value is -1.30. The second-order valence-corrected chi connectivity index (χ2v) is 6.02. The molecule has 2 unspecified atom stereocenters. The molecule has 0 nitrogen and oxygen atoms in total. The van der Waals surface area contributed by atoms with Crippen LogP contribution in [0.25, 0.3) is 10.8 Å². The van der Waals surface area contributed by atoms with Crippen molar-refractivity contribution in [1.82, 2.24) is 0 Å². The highest BCUT2D eigenvalue weighted by molar-refractivity contribution is 5.96. The number of rotatable bonds is 0. The fourth-order valence-electron chi connectivity index (χ4n) is 3.93. The molecule has 0 radical (unpaired) electrons. The van der Waals surface area contributed by atoms with Crippen molar-refractivity contribution in [2.45, 2.75) is 32.6 Å². The summed E-state index contributed by atoms with van der Waals surface area (Å²) in [5.74, 6) is 1.57. The van der Waals surface area contributed by atoms with Gasteiger partial charge in [0.15, 0.2) is 0 Å². The van der Waals surface area contributed by atoms with Crippen LogP contribution in [0.15, 0.2) is 30.3 Å². The van der Waals surface area contributed by atoms with Gasteiger partial charge in [-0.3, -0.25) is 0 Å². The van der Waals surface area contributed by atoms with Gasteiger partial charge in [0.1, 0.15) is 0 Å². The molecule has 16 heavy (non-hydrogen) atoms. The van der Waals surface area contributed by atoms with E-state index in [4.69, 9.17) is 0 Å². The van der Waals surface area contributed by atoms with E-state index < -0.39 is 0 Å². The Morgan fingerprint density at radius 2 is 1.62 bits per heavy atom. The Bertz CT molecular complexity index is 601. The Morgan fingerprint density at radius 3 is 2.38 bits per heavy atom. The number of hydrogen-bond acceptors (Lipinski definition) is 0. The van der Waals surface area contributed by atoms with Crippen molar-refractivity contribution in [3.63, 3.8) is 0 Å². The van der Waals surface area contributed by atoms with Crippen molar-refractivity contribution in [3.05, 3.63) is 47.0 Å². The summed E-state index contributed by atoms with van der Waals surface area (Å²) in [6, 6.07) is 11.5. The molecule has 0 heterocycles. The molecule has 4 rings (SSSR count). The molecular formula is C16H16. The fourth-order valence-corrected chi connectivity index (χ4v) is 3.93. The van der Waals surface area contributed by atoms with E-state index >= 15 is 0 Å². The van der Waals surface area contributed by atoms with Gasteiger partial charge >= 0.3 is 0 Å². The van der Waals surface area contributed by atoms with E-state index in [1.165, 1.54) is 10.9 Å². The lowest BCUT2D eigenvalue weighted by Gasteiger charge is -2.13. The maximum Gasteiger partial charge on any atom is -0.00239 e. The van der Waals surface area contributed by atoms with Crippen molar-refractivity contribution in [1.29, 1.82) is 0 Å². The third-order valence-electron chi connectivity index (χ3n) is 4.82. The van der Waals surface area contributed by atoms with Crippen molar-refractivity contribution < 1.29 is 0 Å². The summed E-state index contributed by atoms with van der Waals surface area (Å²) >= 11 is 0. The summed E-state index contributed by atoms with van der Waals surface area (Å²) < 4.78 is 0. The molecule has 80 valence electrons. The van der Waals surface area contributed by atoms with Crippen LogP contribution < -0.4 is 0 Å². The van der Waals surface area contributed by atoms with E-state index in [1.54, 1.807) is 16.5 Å². The van der Waals surface area contributed by atoms with Crippen LogP contribution in [-0.4, -0.2) is 0 Å². The molecule has 0 amide bonds. The molecule has 0 bridgehead atoms. The SMILES string of the molecule is Cc1ccc2c3c(cccc13)C1C2C1(C)C. The zero-order valence-electron chi connectivity index (χ0n) is 10.0. The maximum absolute atomic E-state index is 2.41. The van der Waals surface area contributed by atoms with E-state index in [0.717, 1.165) is 11.8 Å². The Labute approximate surface area is 96.3 Å². The van der Waals surface area contributed by atoms with E-state index in [1.807, 2.05) is 0 Å². The molecule has 2 aliphatic rings. The average Bonchev–Trinajstić information content (AvgIpc) is 2.67. The third kappa shape index (κ3) is 0.764. The molecule has 0 saturated heterocycles. The van der Waals surface area contributed by atoms with Gasteiger partial charge in [0.05, 0.1) is 0 Å². The van der Waals surface area contributed by atoms with Crippen LogP contribution in [0, 0.1) is 12.3 Å². The topological polar surface area (TPSA) is 0 Å². The lowest BCUT2D eigenvalue weighted by Crippen LogP contribution is -1.97. The molecule has 1 fully saturated rings. The molecule has 0 heteroatoms. The first-order valence-corrected chi connectivity index (χ1v) is 6.14. The van der Waals surface area contributed by atoms with E-state index in [0.29, 0.717) is 5.41 Å². The van der Waals surface area contributed by atoms with Crippen LogP contribution >= 0.6 is 0 Å². The number of hydrogen-bond donors (Lipinski definition) is 0. The minimum absolute atomic E-state index is 0.497. The number of aryl methyl sites for hydroxylation is 1. The average molecular weight is 208 g/mol. The fraction of sp³-hybridized carbons (Fsp3) is 0.375. The molecule has 2 atom stereocenters. The highest BCUT2D eigenvalue weighted by atomic mass is 14.7. The van der Waals surface area contributed by atoms with Crippen LogP contribution in [0.2, 0.25) is 0 Å². The van der Waals surface area contributed by atoms with Gasteiger partial charge in [-0.25, -0.2) is 0 Å².